The van der Waals surface area contributed by atoms with Crippen LogP contribution < -0.4 is 9.64 Å². The molecule has 3 rings (SSSR count). The Morgan fingerprint density at radius 3 is 2.02 bits per heavy atom. The van der Waals surface area contributed by atoms with Crippen LogP contribution in [0.5, 0.6) is 5.75 Å². The molecule has 1 aliphatic heterocycles. The van der Waals surface area contributed by atoms with Crippen LogP contribution in [0.15, 0.2) is 59.8 Å². The predicted molar refractivity (Wildman–Crippen MR) is 153 cm³/mol. The Labute approximate surface area is 253 Å². The molecule has 1 N–H and O–H groups in total. The van der Waals surface area contributed by atoms with Gasteiger partial charge >= 0.3 is 23.9 Å². The van der Waals surface area contributed by atoms with Gasteiger partial charge in [0, 0.05) is 23.7 Å². The van der Waals surface area contributed by atoms with Gasteiger partial charge in [0.15, 0.2) is 0 Å². The zero-order valence-electron chi connectivity index (χ0n) is 24.9. The van der Waals surface area contributed by atoms with Crippen molar-refractivity contribution in [3.8, 4) is 5.75 Å². The number of ether oxygens (including phenoxy) is 5. The SMILES string of the molecule is CCOC(=O)C1=C(C(=O)OCC)N(c2ccc(OC)cc2)[C@@](O)(C(=O)OCC)[C@H](C(=O)OCC)C1c1cccc([N+](=O)[O-])c1. The van der Waals surface area contributed by atoms with Crippen molar-refractivity contribution in [1.29, 1.82) is 0 Å². The Kier molecular flexibility index (Phi) is 11.0. The molecule has 0 bridgehead atoms. The highest BCUT2D eigenvalue weighted by atomic mass is 16.6. The normalized spacial score (nSPS) is 19.5. The van der Waals surface area contributed by atoms with Gasteiger partial charge in [-0.05, 0) is 57.5 Å². The minimum Gasteiger partial charge on any atom is -0.497 e. The van der Waals surface area contributed by atoms with Crippen LogP contribution in [-0.2, 0) is 38.1 Å². The summed E-state index contributed by atoms with van der Waals surface area (Å²) in [5.74, 6) is -8.15. The van der Waals surface area contributed by atoms with Crippen LogP contribution in [0.3, 0.4) is 0 Å². The number of non-ortho nitro benzene ring substituents is 1. The van der Waals surface area contributed by atoms with Crippen molar-refractivity contribution in [2.45, 2.75) is 39.3 Å². The summed E-state index contributed by atoms with van der Waals surface area (Å²) < 4.78 is 26.4. The minimum absolute atomic E-state index is 0.0435. The van der Waals surface area contributed by atoms with E-state index in [1.165, 1.54) is 77.3 Å². The van der Waals surface area contributed by atoms with Crippen LogP contribution >= 0.6 is 0 Å². The average molecular weight is 615 g/mol. The van der Waals surface area contributed by atoms with Crippen molar-refractivity contribution < 1.29 is 52.9 Å². The van der Waals surface area contributed by atoms with Crippen LogP contribution in [0, 0.1) is 16.0 Å². The van der Waals surface area contributed by atoms with E-state index in [4.69, 9.17) is 23.7 Å². The maximum absolute atomic E-state index is 13.9. The number of esters is 4. The molecule has 0 amide bonds. The van der Waals surface area contributed by atoms with E-state index in [-0.39, 0.29) is 37.7 Å². The van der Waals surface area contributed by atoms with Crippen LogP contribution in [-0.4, -0.2) is 73.2 Å². The smallest absolute Gasteiger partial charge is 0.361 e. The molecule has 14 heteroatoms. The van der Waals surface area contributed by atoms with E-state index in [1.807, 2.05) is 0 Å². The molecule has 1 unspecified atom stereocenters. The molecule has 0 saturated heterocycles. The van der Waals surface area contributed by atoms with Gasteiger partial charge in [0.05, 0.1) is 44.0 Å². The summed E-state index contributed by atoms with van der Waals surface area (Å²) in [7, 11) is 1.41. The minimum atomic E-state index is -3.07. The molecule has 0 saturated carbocycles. The lowest BCUT2D eigenvalue weighted by atomic mass is 9.70. The molecule has 2 aromatic carbocycles. The summed E-state index contributed by atoms with van der Waals surface area (Å²) in [5, 5.41) is 24.3. The number of rotatable bonds is 12. The van der Waals surface area contributed by atoms with Gasteiger partial charge in [-0.1, -0.05) is 12.1 Å². The Balaban J connectivity index is 2.64. The van der Waals surface area contributed by atoms with Gasteiger partial charge in [-0.3, -0.25) is 19.8 Å². The number of methoxy groups -OCH3 is 1. The van der Waals surface area contributed by atoms with Crippen LogP contribution in [0.2, 0.25) is 0 Å². The molecule has 14 nitrogen and oxygen atoms in total. The zero-order valence-corrected chi connectivity index (χ0v) is 24.9. The van der Waals surface area contributed by atoms with Crippen LogP contribution in [0.4, 0.5) is 11.4 Å². The third-order valence-corrected chi connectivity index (χ3v) is 6.75. The lowest BCUT2D eigenvalue weighted by Gasteiger charge is -2.49. The van der Waals surface area contributed by atoms with Gasteiger partial charge in [0.1, 0.15) is 17.4 Å². The third-order valence-electron chi connectivity index (χ3n) is 6.75. The first-order valence-corrected chi connectivity index (χ1v) is 13.8. The number of carbonyl (C=O) groups is 4. The van der Waals surface area contributed by atoms with Gasteiger partial charge < -0.3 is 28.8 Å². The van der Waals surface area contributed by atoms with E-state index in [2.05, 4.69) is 0 Å². The van der Waals surface area contributed by atoms with E-state index in [9.17, 15) is 34.4 Å². The molecule has 236 valence electrons. The second-order valence-electron chi connectivity index (χ2n) is 9.24. The van der Waals surface area contributed by atoms with Crippen LogP contribution in [0.1, 0.15) is 39.2 Å². The summed E-state index contributed by atoms with van der Waals surface area (Å²) in [6.45, 7) is 5.14. The first kappa shape index (κ1) is 33.5. The molecule has 44 heavy (non-hydrogen) atoms. The van der Waals surface area contributed by atoms with Crippen LogP contribution in [0.25, 0.3) is 0 Å². The summed E-state index contributed by atoms with van der Waals surface area (Å²) in [4.78, 5) is 67.2. The lowest BCUT2D eigenvalue weighted by Crippen LogP contribution is -2.67. The summed E-state index contributed by atoms with van der Waals surface area (Å²) in [6, 6.07) is 10.5. The van der Waals surface area contributed by atoms with Gasteiger partial charge in [-0.2, -0.15) is 0 Å². The number of anilines is 1. The maximum Gasteiger partial charge on any atom is 0.361 e. The van der Waals surface area contributed by atoms with Crippen molar-refractivity contribution in [2.24, 2.45) is 5.92 Å². The van der Waals surface area contributed by atoms with E-state index >= 15 is 0 Å². The average Bonchev–Trinajstić information content (AvgIpc) is 3.00. The number of benzene rings is 2. The zero-order chi connectivity index (χ0) is 32.6. The number of nitro benzene ring substituents is 1. The number of nitro groups is 1. The molecule has 0 spiro atoms. The van der Waals surface area contributed by atoms with Crippen molar-refractivity contribution >= 4 is 35.3 Å². The molecule has 0 radical (unpaired) electrons. The number of hydrogen-bond acceptors (Lipinski definition) is 13. The monoisotopic (exact) mass is 614 g/mol. The van der Waals surface area contributed by atoms with Gasteiger partial charge in [-0.15, -0.1) is 0 Å². The van der Waals surface area contributed by atoms with Gasteiger partial charge in [0.2, 0.25) is 0 Å². The standard InChI is InChI=1S/C30H34N2O12/c1-6-41-26(33)23-22(18-11-10-12-20(17-18)32(38)39)24(27(34)42-7-2)30(37,29(36)44-9-4)31(25(23)28(35)43-8-3)19-13-15-21(40-5)16-14-19/h10-17,22,24,37H,6-9H2,1-5H3/t22?,24-,30-/m0/s1. The number of aliphatic hydroxyl groups is 1. The van der Waals surface area contributed by atoms with E-state index in [1.54, 1.807) is 0 Å². The Hall–Kier alpha value is -4.98. The lowest BCUT2D eigenvalue weighted by molar-refractivity contribution is -0.384. The molecular weight excluding hydrogens is 580 g/mol. The molecule has 3 atom stereocenters. The highest BCUT2D eigenvalue weighted by Gasteiger charge is 2.65. The van der Waals surface area contributed by atoms with Gasteiger partial charge in [-0.25, -0.2) is 14.4 Å². The maximum atomic E-state index is 13.9. The van der Waals surface area contributed by atoms with Crippen molar-refractivity contribution in [3.05, 3.63) is 75.5 Å². The first-order valence-electron chi connectivity index (χ1n) is 13.8. The Bertz CT molecular complexity index is 1440. The fraction of sp³-hybridized carbons (Fsp3) is 0.400. The van der Waals surface area contributed by atoms with Gasteiger partial charge in [0.25, 0.3) is 11.4 Å². The quantitative estimate of drug-likeness (QED) is 0.160. The Morgan fingerprint density at radius 1 is 0.886 bits per heavy atom. The molecule has 0 aromatic heterocycles. The summed E-state index contributed by atoms with van der Waals surface area (Å²) >= 11 is 0. The second-order valence-corrected chi connectivity index (χ2v) is 9.24. The van der Waals surface area contributed by atoms with E-state index in [0.717, 1.165) is 11.0 Å². The van der Waals surface area contributed by atoms with Crippen molar-refractivity contribution in [3.63, 3.8) is 0 Å². The molecule has 0 aliphatic carbocycles. The number of carbonyl (C=O) groups excluding carboxylic acids is 4. The number of nitrogens with zero attached hydrogens (tertiary/aromatic N) is 2. The molecule has 1 heterocycles. The molecule has 0 fully saturated rings. The molecule has 2 aromatic rings. The summed E-state index contributed by atoms with van der Waals surface area (Å²) in [6.07, 6.45) is 0. The van der Waals surface area contributed by atoms with Crippen molar-refractivity contribution in [1.82, 2.24) is 0 Å². The highest BCUT2D eigenvalue weighted by Crippen LogP contribution is 2.51. The van der Waals surface area contributed by atoms with Crippen molar-refractivity contribution in [2.75, 3.05) is 38.4 Å². The fourth-order valence-electron chi connectivity index (χ4n) is 5.05. The van der Waals surface area contributed by atoms with E-state index in [0.29, 0.717) is 5.75 Å². The second kappa shape index (κ2) is 14.5. The number of hydrogen-bond donors (Lipinski definition) is 1. The molecule has 1 aliphatic rings. The summed E-state index contributed by atoms with van der Waals surface area (Å²) in [5.41, 5.74) is -4.76. The highest BCUT2D eigenvalue weighted by molar-refractivity contribution is 6.09. The predicted octanol–water partition coefficient (Wildman–Crippen LogP) is 3.02. The molecular formula is C30H34N2O12. The topological polar surface area (TPSA) is 181 Å². The van der Waals surface area contributed by atoms with E-state index < -0.39 is 63.3 Å². The first-order chi connectivity index (χ1) is 21.0. The third kappa shape index (κ3) is 6.34. The fourth-order valence-corrected chi connectivity index (χ4v) is 5.05. The Morgan fingerprint density at radius 2 is 1.48 bits per heavy atom. The largest absolute Gasteiger partial charge is 0.497 e.